The number of hydrogen-bond donors (Lipinski definition) is 1. The molecule has 2 bridgehead atoms. The third-order valence-corrected chi connectivity index (χ3v) is 6.66. The molecule has 0 spiro atoms. The quantitative estimate of drug-likeness (QED) is 0.846. The van der Waals surface area contributed by atoms with Crippen LogP contribution in [0.25, 0.3) is 11.5 Å². The molecular formula is C21H25FN4O3. The van der Waals surface area contributed by atoms with Gasteiger partial charge < -0.3 is 14.4 Å². The molecule has 3 aliphatic heterocycles. The van der Waals surface area contributed by atoms with Gasteiger partial charge in [0.15, 0.2) is 0 Å². The molecule has 4 heterocycles. The minimum absolute atomic E-state index is 0.0117. The third-order valence-electron chi connectivity index (χ3n) is 6.66. The molecule has 3 saturated heterocycles. The number of likely N-dealkylation sites (tertiary alicyclic amines) is 1. The van der Waals surface area contributed by atoms with E-state index in [1.165, 1.54) is 12.1 Å². The molecule has 0 unspecified atom stereocenters. The van der Waals surface area contributed by atoms with Crippen molar-refractivity contribution in [3.05, 3.63) is 36.0 Å². The van der Waals surface area contributed by atoms with Crippen LogP contribution in [0.5, 0.6) is 0 Å². The molecule has 29 heavy (non-hydrogen) atoms. The molecule has 0 saturated carbocycles. The second-order valence-electron chi connectivity index (χ2n) is 8.47. The highest BCUT2D eigenvalue weighted by Gasteiger charge is 2.49. The van der Waals surface area contributed by atoms with Crippen LogP contribution in [-0.2, 0) is 11.3 Å². The molecule has 2 aromatic rings. The van der Waals surface area contributed by atoms with Crippen molar-refractivity contribution in [2.75, 3.05) is 19.7 Å². The number of hydrogen-bond acceptors (Lipinski definition) is 6. The number of aliphatic hydroxyl groups excluding tert-OH is 1. The zero-order valence-corrected chi connectivity index (χ0v) is 16.2. The lowest BCUT2D eigenvalue weighted by molar-refractivity contribution is -0.155. The maximum Gasteiger partial charge on any atom is 0.247 e. The van der Waals surface area contributed by atoms with Gasteiger partial charge in [0, 0.05) is 31.1 Å². The Morgan fingerprint density at radius 3 is 2.93 bits per heavy atom. The van der Waals surface area contributed by atoms with Crippen LogP contribution < -0.4 is 0 Å². The lowest BCUT2D eigenvalue weighted by Gasteiger charge is -2.56. The SMILES string of the molecule is O=C1CCC[C@H]2[C@@H]3C[C@@H](CN(Cc4nnc(-c5cccc(F)c5)o4)C3)[C@H](CO)N12. The summed E-state index contributed by atoms with van der Waals surface area (Å²) in [5.41, 5.74) is 0.566. The minimum atomic E-state index is -0.340. The molecular weight excluding hydrogens is 375 g/mol. The van der Waals surface area contributed by atoms with E-state index < -0.39 is 0 Å². The monoisotopic (exact) mass is 400 g/mol. The predicted molar refractivity (Wildman–Crippen MR) is 102 cm³/mol. The Labute approximate surface area is 168 Å². The number of carbonyl (C=O) groups excluding carboxylic acids is 1. The molecule has 0 aliphatic carbocycles. The number of aliphatic hydroxyl groups is 1. The third kappa shape index (κ3) is 3.44. The molecule has 3 fully saturated rings. The maximum absolute atomic E-state index is 13.5. The number of aromatic nitrogens is 2. The lowest BCUT2D eigenvalue weighted by atomic mass is 9.72. The molecule has 1 amide bonds. The first kappa shape index (κ1) is 18.7. The van der Waals surface area contributed by atoms with Crippen LogP contribution >= 0.6 is 0 Å². The van der Waals surface area contributed by atoms with Crippen LogP contribution in [0.4, 0.5) is 4.39 Å². The number of nitrogens with zero attached hydrogens (tertiary/aromatic N) is 4. The van der Waals surface area contributed by atoms with Crippen LogP contribution in [0.3, 0.4) is 0 Å². The summed E-state index contributed by atoms with van der Waals surface area (Å²) in [6.07, 6.45) is 3.59. The first-order chi connectivity index (χ1) is 14.1. The summed E-state index contributed by atoms with van der Waals surface area (Å²) in [5.74, 6) is 1.33. The summed E-state index contributed by atoms with van der Waals surface area (Å²) in [7, 11) is 0. The van der Waals surface area contributed by atoms with Gasteiger partial charge in [-0.15, -0.1) is 10.2 Å². The van der Waals surface area contributed by atoms with Gasteiger partial charge in [-0.25, -0.2) is 4.39 Å². The van der Waals surface area contributed by atoms with Gasteiger partial charge in [0.25, 0.3) is 0 Å². The summed E-state index contributed by atoms with van der Waals surface area (Å²) >= 11 is 0. The summed E-state index contributed by atoms with van der Waals surface area (Å²) in [6.45, 7) is 2.20. The second kappa shape index (κ2) is 7.50. The number of carbonyl (C=O) groups is 1. The number of amides is 1. The Hall–Kier alpha value is -2.32. The van der Waals surface area contributed by atoms with Gasteiger partial charge in [-0.05, 0) is 49.3 Å². The first-order valence-electron chi connectivity index (χ1n) is 10.3. The van der Waals surface area contributed by atoms with E-state index in [0.717, 1.165) is 32.4 Å². The maximum atomic E-state index is 13.5. The molecule has 4 atom stereocenters. The van der Waals surface area contributed by atoms with Crippen LogP contribution in [-0.4, -0.2) is 62.8 Å². The molecule has 154 valence electrons. The molecule has 7 nitrogen and oxygen atoms in total. The van der Waals surface area contributed by atoms with Gasteiger partial charge >= 0.3 is 0 Å². The largest absolute Gasteiger partial charge is 0.419 e. The highest BCUT2D eigenvalue weighted by atomic mass is 19.1. The van der Waals surface area contributed by atoms with Crippen molar-refractivity contribution in [2.45, 2.75) is 44.3 Å². The summed E-state index contributed by atoms with van der Waals surface area (Å²) < 4.78 is 19.2. The molecule has 3 aliphatic rings. The van der Waals surface area contributed by atoms with E-state index in [4.69, 9.17) is 4.42 Å². The van der Waals surface area contributed by atoms with Crippen molar-refractivity contribution in [3.8, 4) is 11.5 Å². The van der Waals surface area contributed by atoms with Gasteiger partial charge in [-0.1, -0.05) is 6.07 Å². The van der Waals surface area contributed by atoms with Crippen molar-refractivity contribution < 1.29 is 18.7 Å². The zero-order valence-electron chi connectivity index (χ0n) is 16.2. The van der Waals surface area contributed by atoms with Crippen LogP contribution in [0.15, 0.2) is 28.7 Å². The lowest BCUT2D eigenvalue weighted by Crippen LogP contribution is -2.65. The number of fused-ring (bicyclic) bond motifs is 4. The predicted octanol–water partition coefficient (Wildman–Crippen LogP) is 2.07. The number of halogens is 1. The minimum Gasteiger partial charge on any atom is -0.419 e. The van der Waals surface area contributed by atoms with E-state index in [2.05, 4.69) is 15.1 Å². The highest BCUT2D eigenvalue weighted by molar-refractivity contribution is 5.78. The van der Waals surface area contributed by atoms with Gasteiger partial charge in [-0.2, -0.15) is 0 Å². The van der Waals surface area contributed by atoms with E-state index in [-0.39, 0.29) is 36.3 Å². The molecule has 5 rings (SSSR count). The molecule has 1 aromatic heterocycles. The Morgan fingerprint density at radius 1 is 1.24 bits per heavy atom. The Balaban J connectivity index is 1.32. The smallest absolute Gasteiger partial charge is 0.247 e. The van der Waals surface area contributed by atoms with Crippen LogP contribution in [0.1, 0.15) is 31.6 Å². The molecule has 1 N–H and O–H groups in total. The number of piperidine rings is 3. The van der Waals surface area contributed by atoms with Gasteiger partial charge in [0.1, 0.15) is 5.82 Å². The number of benzene rings is 1. The van der Waals surface area contributed by atoms with Crippen molar-refractivity contribution in [2.24, 2.45) is 11.8 Å². The normalized spacial score (nSPS) is 29.7. The molecule has 8 heteroatoms. The Morgan fingerprint density at radius 2 is 2.10 bits per heavy atom. The van der Waals surface area contributed by atoms with Crippen molar-refractivity contribution in [1.29, 1.82) is 0 Å². The van der Waals surface area contributed by atoms with E-state index in [0.29, 0.717) is 36.2 Å². The fourth-order valence-electron chi connectivity index (χ4n) is 5.48. The Kier molecular flexibility index (Phi) is 4.83. The van der Waals surface area contributed by atoms with E-state index >= 15 is 0 Å². The standard InChI is InChI=1S/C21H25FN4O3/c22-16-4-1-3-13(8-16)21-24-23-19(29-21)11-25-9-14-7-15(10-25)18(12-27)26-17(14)5-2-6-20(26)28/h1,3-4,8,14-15,17-18,27H,2,5-7,9-12H2/t14-,15+,17+,18+/m1/s1. The van der Waals surface area contributed by atoms with Crippen molar-refractivity contribution in [1.82, 2.24) is 20.0 Å². The average molecular weight is 400 g/mol. The zero-order chi connectivity index (χ0) is 20.0. The van der Waals surface area contributed by atoms with Crippen LogP contribution in [0.2, 0.25) is 0 Å². The van der Waals surface area contributed by atoms with E-state index in [1.807, 2.05) is 4.90 Å². The topological polar surface area (TPSA) is 82.7 Å². The van der Waals surface area contributed by atoms with Gasteiger partial charge in [0.2, 0.25) is 17.7 Å². The van der Waals surface area contributed by atoms with E-state index in [9.17, 15) is 14.3 Å². The first-order valence-corrected chi connectivity index (χ1v) is 10.3. The summed E-state index contributed by atoms with van der Waals surface area (Å²) in [5, 5.41) is 18.2. The van der Waals surface area contributed by atoms with Crippen LogP contribution in [0, 0.1) is 17.7 Å². The average Bonchev–Trinajstić information content (AvgIpc) is 3.17. The van der Waals surface area contributed by atoms with Crippen molar-refractivity contribution >= 4 is 5.91 Å². The fraction of sp³-hybridized carbons (Fsp3) is 0.571. The van der Waals surface area contributed by atoms with E-state index in [1.54, 1.807) is 12.1 Å². The fourth-order valence-corrected chi connectivity index (χ4v) is 5.48. The Bertz CT molecular complexity index is 890. The highest BCUT2D eigenvalue weighted by Crippen LogP contribution is 2.41. The second-order valence-corrected chi connectivity index (χ2v) is 8.47. The summed E-state index contributed by atoms with van der Waals surface area (Å²) in [4.78, 5) is 16.8. The van der Waals surface area contributed by atoms with Gasteiger partial charge in [-0.3, -0.25) is 9.69 Å². The molecule has 1 aromatic carbocycles. The number of rotatable bonds is 4. The van der Waals surface area contributed by atoms with Crippen molar-refractivity contribution in [3.63, 3.8) is 0 Å². The summed E-state index contributed by atoms with van der Waals surface area (Å²) in [6, 6.07) is 6.24. The molecule has 0 radical (unpaired) electrons. The van der Waals surface area contributed by atoms with Gasteiger partial charge in [0.05, 0.1) is 19.2 Å².